The molecule has 1 aromatic heterocycles. The largest absolute Gasteiger partial charge is 0.485 e. The van der Waals surface area contributed by atoms with Crippen molar-refractivity contribution in [1.29, 1.82) is 0 Å². The van der Waals surface area contributed by atoms with Gasteiger partial charge in [0.25, 0.3) is 5.91 Å². The summed E-state index contributed by atoms with van der Waals surface area (Å²) in [6.45, 7) is -0.265. The van der Waals surface area contributed by atoms with Gasteiger partial charge < -0.3 is 20.5 Å². The van der Waals surface area contributed by atoms with Gasteiger partial charge in [-0.25, -0.2) is 4.79 Å². The first kappa shape index (κ1) is 18.2. The number of carbonyl (C=O) groups excluding carboxylic acids is 2. The Morgan fingerprint density at radius 1 is 1.10 bits per heavy atom. The van der Waals surface area contributed by atoms with E-state index in [0.717, 1.165) is 9.36 Å². The van der Waals surface area contributed by atoms with Crippen LogP contribution in [0.1, 0.15) is 0 Å². The van der Waals surface area contributed by atoms with E-state index in [1.165, 1.54) is 0 Å². The highest BCUT2D eigenvalue weighted by atomic mass is 16.6. The maximum absolute atomic E-state index is 12.5. The number of nitrogens with zero attached hydrogens (tertiary/aromatic N) is 4. The highest BCUT2D eigenvalue weighted by molar-refractivity contribution is 5.94. The summed E-state index contributed by atoms with van der Waals surface area (Å²) in [7, 11) is 0. The molecule has 0 fully saturated rings. The van der Waals surface area contributed by atoms with E-state index >= 15 is 0 Å². The average Bonchev–Trinajstić information content (AvgIpc) is 3.08. The standard InChI is InChI=1S/C18H16N6O5/c19-16(25)9-23-18(27)24(22-21-23)12-7-5-11(6-8-12)20-17(26)15-10-28-13-3-1-2-4-14(13)29-15/h1-8,15H,9-10H2,(H2,19,25)(H,20,26)/t15-/m0/s1. The van der Waals surface area contributed by atoms with Crippen LogP contribution in [-0.4, -0.2) is 44.3 Å². The van der Waals surface area contributed by atoms with Gasteiger partial charge in [0.05, 0.1) is 5.69 Å². The van der Waals surface area contributed by atoms with E-state index in [1.807, 2.05) is 6.07 Å². The molecule has 29 heavy (non-hydrogen) atoms. The van der Waals surface area contributed by atoms with Gasteiger partial charge in [0, 0.05) is 5.69 Å². The van der Waals surface area contributed by atoms with Gasteiger partial charge in [-0.3, -0.25) is 9.59 Å². The van der Waals surface area contributed by atoms with Crippen molar-refractivity contribution in [3.63, 3.8) is 0 Å². The third-order valence-electron chi connectivity index (χ3n) is 4.13. The zero-order valence-electron chi connectivity index (χ0n) is 15.0. The number of primary amides is 1. The van der Waals surface area contributed by atoms with E-state index in [1.54, 1.807) is 42.5 Å². The van der Waals surface area contributed by atoms with Gasteiger partial charge in [0.15, 0.2) is 11.5 Å². The molecule has 1 atom stereocenters. The van der Waals surface area contributed by atoms with E-state index in [4.69, 9.17) is 15.2 Å². The molecular formula is C18H16N6O5. The minimum atomic E-state index is -0.791. The molecule has 11 nitrogen and oxygen atoms in total. The monoisotopic (exact) mass is 396 g/mol. The number of tetrazole rings is 1. The molecule has 3 aromatic rings. The Morgan fingerprint density at radius 2 is 1.83 bits per heavy atom. The zero-order valence-corrected chi connectivity index (χ0v) is 15.0. The van der Waals surface area contributed by atoms with Crippen LogP contribution in [0.2, 0.25) is 0 Å². The van der Waals surface area contributed by atoms with Crippen LogP contribution >= 0.6 is 0 Å². The molecular weight excluding hydrogens is 380 g/mol. The fourth-order valence-electron chi connectivity index (χ4n) is 2.74. The molecule has 0 spiro atoms. The highest BCUT2D eigenvalue weighted by Gasteiger charge is 2.27. The maximum atomic E-state index is 12.5. The van der Waals surface area contributed by atoms with Gasteiger partial charge in [-0.2, -0.15) is 9.36 Å². The molecule has 148 valence electrons. The van der Waals surface area contributed by atoms with Crippen LogP contribution in [0.3, 0.4) is 0 Å². The summed E-state index contributed by atoms with van der Waals surface area (Å²) in [5.41, 5.74) is 5.37. The van der Waals surface area contributed by atoms with Crippen LogP contribution in [0.5, 0.6) is 11.5 Å². The fourth-order valence-corrected chi connectivity index (χ4v) is 2.74. The van der Waals surface area contributed by atoms with Crippen LogP contribution in [0.15, 0.2) is 53.3 Å². The number of anilines is 1. The SMILES string of the molecule is NC(=O)Cn1nnn(-c2ccc(NC(=O)[C@@H]3COc4ccccc4O3)cc2)c1=O. The predicted octanol–water partition coefficient (Wildman–Crippen LogP) is -0.307. The van der Waals surface area contributed by atoms with Gasteiger partial charge >= 0.3 is 5.69 Å². The first-order valence-corrected chi connectivity index (χ1v) is 8.62. The van der Waals surface area contributed by atoms with Crippen molar-refractivity contribution < 1.29 is 19.1 Å². The predicted molar refractivity (Wildman–Crippen MR) is 99.8 cm³/mol. The van der Waals surface area contributed by atoms with Crippen molar-refractivity contribution in [2.75, 3.05) is 11.9 Å². The molecule has 2 amide bonds. The van der Waals surface area contributed by atoms with Gasteiger partial charge in [0.2, 0.25) is 12.0 Å². The van der Waals surface area contributed by atoms with E-state index in [0.29, 0.717) is 22.9 Å². The minimum absolute atomic E-state index is 0.0965. The summed E-state index contributed by atoms with van der Waals surface area (Å²) in [4.78, 5) is 35.6. The topological polar surface area (TPSA) is 143 Å². The van der Waals surface area contributed by atoms with Crippen molar-refractivity contribution in [2.45, 2.75) is 12.6 Å². The van der Waals surface area contributed by atoms with Gasteiger partial charge in [0.1, 0.15) is 13.2 Å². The Kier molecular flexibility index (Phi) is 4.69. The summed E-state index contributed by atoms with van der Waals surface area (Å²) < 4.78 is 13.1. The molecule has 2 heterocycles. The lowest BCUT2D eigenvalue weighted by atomic mass is 10.2. The lowest BCUT2D eigenvalue weighted by Gasteiger charge is -2.25. The number of nitrogens with two attached hydrogens (primary N) is 1. The molecule has 0 radical (unpaired) electrons. The number of nitrogens with one attached hydrogen (secondary N) is 1. The Balaban J connectivity index is 1.44. The van der Waals surface area contributed by atoms with Crippen molar-refractivity contribution in [2.24, 2.45) is 5.73 Å². The Hall–Kier alpha value is -4.15. The third kappa shape index (κ3) is 3.78. The summed E-state index contributed by atoms with van der Waals surface area (Å²) in [5, 5.41) is 10.0. The number of benzene rings is 2. The number of hydrogen-bond acceptors (Lipinski definition) is 7. The van der Waals surface area contributed by atoms with Crippen molar-refractivity contribution >= 4 is 17.5 Å². The average molecular weight is 396 g/mol. The number of rotatable bonds is 5. The van der Waals surface area contributed by atoms with Crippen LogP contribution in [-0.2, 0) is 16.1 Å². The lowest BCUT2D eigenvalue weighted by Crippen LogP contribution is -2.40. The highest BCUT2D eigenvalue weighted by Crippen LogP contribution is 2.31. The van der Waals surface area contributed by atoms with Crippen LogP contribution < -0.4 is 26.2 Å². The molecule has 0 aliphatic carbocycles. The normalized spacial score (nSPS) is 15.0. The molecule has 2 aromatic carbocycles. The van der Waals surface area contributed by atoms with Crippen LogP contribution in [0.4, 0.5) is 5.69 Å². The number of aromatic nitrogens is 4. The number of fused-ring (bicyclic) bond motifs is 1. The van der Waals surface area contributed by atoms with Crippen LogP contribution in [0.25, 0.3) is 5.69 Å². The van der Waals surface area contributed by atoms with E-state index < -0.39 is 17.7 Å². The number of hydrogen-bond donors (Lipinski definition) is 2. The Morgan fingerprint density at radius 3 is 2.55 bits per heavy atom. The van der Waals surface area contributed by atoms with Crippen molar-refractivity contribution in [1.82, 2.24) is 19.8 Å². The molecule has 4 rings (SSSR count). The van der Waals surface area contributed by atoms with Gasteiger partial charge in [-0.1, -0.05) is 12.1 Å². The molecule has 0 saturated carbocycles. The first-order chi connectivity index (χ1) is 14.0. The molecule has 0 unspecified atom stereocenters. The Bertz CT molecular complexity index is 1120. The second-order valence-electron chi connectivity index (χ2n) is 6.20. The lowest BCUT2D eigenvalue weighted by molar-refractivity contribution is -0.125. The molecule has 11 heteroatoms. The molecule has 0 bridgehead atoms. The molecule has 1 aliphatic rings. The van der Waals surface area contributed by atoms with E-state index in [2.05, 4.69) is 15.7 Å². The number of para-hydroxylation sites is 2. The van der Waals surface area contributed by atoms with Crippen molar-refractivity contribution in [3.8, 4) is 17.2 Å². The van der Waals surface area contributed by atoms with Crippen LogP contribution in [0, 0.1) is 0 Å². The summed E-state index contributed by atoms with van der Waals surface area (Å²) in [5.74, 6) is 0.0361. The van der Waals surface area contributed by atoms with Gasteiger partial charge in [-0.05, 0) is 46.8 Å². The second-order valence-corrected chi connectivity index (χ2v) is 6.20. The fraction of sp³-hybridized carbons (Fsp3) is 0.167. The molecule has 0 saturated heterocycles. The third-order valence-corrected chi connectivity index (χ3v) is 4.13. The minimum Gasteiger partial charge on any atom is -0.485 e. The van der Waals surface area contributed by atoms with E-state index in [9.17, 15) is 14.4 Å². The van der Waals surface area contributed by atoms with Crippen molar-refractivity contribution in [3.05, 3.63) is 59.0 Å². The number of amides is 2. The smallest absolute Gasteiger partial charge is 0.368 e. The first-order valence-electron chi connectivity index (χ1n) is 8.62. The second kappa shape index (κ2) is 7.46. The Labute approximate surface area is 163 Å². The van der Waals surface area contributed by atoms with Gasteiger partial charge in [-0.15, -0.1) is 0 Å². The summed E-state index contributed by atoms with van der Waals surface area (Å²) in [6, 6.07) is 13.5. The summed E-state index contributed by atoms with van der Waals surface area (Å²) in [6.07, 6.45) is -0.791. The summed E-state index contributed by atoms with van der Waals surface area (Å²) >= 11 is 0. The quantitative estimate of drug-likeness (QED) is 0.602. The maximum Gasteiger partial charge on any atom is 0.368 e. The molecule has 3 N–H and O–H groups in total. The number of carbonyl (C=O) groups is 2. The van der Waals surface area contributed by atoms with E-state index in [-0.39, 0.29) is 19.1 Å². The zero-order chi connectivity index (χ0) is 20.4. The number of ether oxygens (including phenoxy) is 2. The molecule has 1 aliphatic heterocycles.